The third kappa shape index (κ3) is 1.75. The number of hydrogen-bond acceptors (Lipinski definition) is 3. The Hall–Kier alpha value is -1.25. The number of carbonyl (C=O) groups is 1. The molecular weight excluding hydrogens is 200 g/mol. The summed E-state index contributed by atoms with van der Waals surface area (Å²) in [5, 5.41) is 0. The quantitative estimate of drug-likeness (QED) is 0.729. The van der Waals surface area contributed by atoms with Crippen molar-refractivity contribution >= 4 is 5.78 Å². The third-order valence-electron chi connectivity index (χ3n) is 4.20. The van der Waals surface area contributed by atoms with Gasteiger partial charge in [0.25, 0.3) is 0 Å². The van der Waals surface area contributed by atoms with Gasteiger partial charge in [-0.3, -0.25) is 4.79 Å². The average molecular weight is 216 g/mol. The second kappa shape index (κ2) is 3.96. The average Bonchev–Trinajstić information content (AvgIpc) is 2.92. The van der Waals surface area contributed by atoms with Gasteiger partial charge in [0.1, 0.15) is 12.0 Å². The van der Waals surface area contributed by atoms with Gasteiger partial charge in [-0.25, -0.2) is 9.97 Å². The van der Waals surface area contributed by atoms with E-state index in [9.17, 15) is 4.79 Å². The first kappa shape index (κ1) is 9.94. The molecule has 3 atom stereocenters. The maximum Gasteiger partial charge on any atom is 0.181 e. The fourth-order valence-electron chi connectivity index (χ4n) is 3.42. The summed E-state index contributed by atoms with van der Waals surface area (Å²) in [5.41, 5.74) is 0.581. The van der Waals surface area contributed by atoms with Crippen molar-refractivity contribution in [1.82, 2.24) is 9.97 Å². The van der Waals surface area contributed by atoms with Gasteiger partial charge in [-0.05, 0) is 43.1 Å². The third-order valence-corrected chi connectivity index (χ3v) is 4.20. The minimum atomic E-state index is 0.194. The van der Waals surface area contributed by atoms with Crippen LogP contribution in [0, 0.1) is 17.8 Å². The van der Waals surface area contributed by atoms with Crippen LogP contribution in [0.2, 0.25) is 0 Å². The zero-order chi connectivity index (χ0) is 11.0. The van der Waals surface area contributed by atoms with Crippen LogP contribution in [0.5, 0.6) is 0 Å². The minimum Gasteiger partial charge on any atom is -0.292 e. The van der Waals surface area contributed by atoms with Crippen LogP contribution in [0.4, 0.5) is 0 Å². The number of Topliss-reactive ketones (excluding diaryl/α,β-unsaturated/α-hetero) is 1. The lowest BCUT2D eigenvalue weighted by atomic mass is 9.85. The summed E-state index contributed by atoms with van der Waals surface area (Å²) < 4.78 is 0. The largest absolute Gasteiger partial charge is 0.292 e. The molecule has 0 radical (unpaired) electrons. The second-order valence-electron chi connectivity index (χ2n) is 5.16. The van der Waals surface area contributed by atoms with Crippen LogP contribution in [0.1, 0.15) is 42.6 Å². The summed E-state index contributed by atoms with van der Waals surface area (Å²) >= 11 is 0. The van der Waals surface area contributed by atoms with E-state index in [0.717, 1.165) is 11.8 Å². The SMILES string of the molecule is O=C(CC1CC2CCC1C2)c1ccncn1. The van der Waals surface area contributed by atoms with Gasteiger partial charge in [-0.2, -0.15) is 0 Å². The van der Waals surface area contributed by atoms with Crippen LogP contribution in [0.25, 0.3) is 0 Å². The summed E-state index contributed by atoms with van der Waals surface area (Å²) in [7, 11) is 0. The van der Waals surface area contributed by atoms with Crippen molar-refractivity contribution in [2.24, 2.45) is 17.8 Å². The molecule has 0 aliphatic heterocycles. The Morgan fingerprint density at radius 2 is 2.31 bits per heavy atom. The van der Waals surface area contributed by atoms with Gasteiger partial charge in [-0.15, -0.1) is 0 Å². The normalized spacial score (nSPS) is 31.9. The molecule has 1 heterocycles. The lowest BCUT2D eigenvalue weighted by molar-refractivity contribution is 0.0939. The van der Waals surface area contributed by atoms with E-state index in [1.54, 1.807) is 12.3 Å². The molecule has 2 aliphatic rings. The van der Waals surface area contributed by atoms with Gasteiger partial charge in [0.2, 0.25) is 0 Å². The van der Waals surface area contributed by atoms with E-state index in [4.69, 9.17) is 0 Å². The van der Waals surface area contributed by atoms with E-state index in [0.29, 0.717) is 18.0 Å². The number of hydrogen-bond donors (Lipinski definition) is 0. The Bertz CT molecular complexity index is 390. The predicted octanol–water partition coefficient (Wildman–Crippen LogP) is 2.49. The van der Waals surface area contributed by atoms with Gasteiger partial charge in [0.05, 0.1) is 0 Å². The number of aromatic nitrogens is 2. The van der Waals surface area contributed by atoms with Gasteiger partial charge < -0.3 is 0 Å². The lowest BCUT2D eigenvalue weighted by Crippen LogP contribution is -2.16. The van der Waals surface area contributed by atoms with Crippen LogP contribution < -0.4 is 0 Å². The van der Waals surface area contributed by atoms with Crippen molar-refractivity contribution in [1.29, 1.82) is 0 Å². The summed E-state index contributed by atoms with van der Waals surface area (Å²) in [5.74, 6) is 2.55. The summed E-state index contributed by atoms with van der Waals surface area (Å²) in [6.07, 6.45) is 9.14. The highest BCUT2D eigenvalue weighted by molar-refractivity contribution is 5.94. The first-order chi connectivity index (χ1) is 7.83. The number of rotatable bonds is 3. The molecule has 0 N–H and O–H groups in total. The topological polar surface area (TPSA) is 42.9 Å². The molecule has 3 nitrogen and oxygen atoms in total. The molecule has 0 amide bonds. The van der Waals surface area contributed by atoms with Crippen LogP contribution >= 0.6 is 0 Å². The van der Waals surface area contributed by atoms with Gasteiger partial charge in [0.15, 0.2) is 5.78 Å². The highest BCUT2D eigenvalue weighted by Crippen LogP contribution is 2.49. The van der Waals surface area contributed by atoms with Crippen molar-refractivity contribution in [2.75, 3.05) is 0 Å². The number of fused-ring (bicyclic) bond motifs is 2. The number of carbonyl (C=O) groups excluding carboxylic acids is 1. The lowest BCUT2D eigenvalue weighted by Gasteiger charge is -2.20. The number of ketones is 1. The first-order valence-corrected chi connectivity index (χ1v) is 6.12. The molecule has 3 rings (SSSR count). The fourth-order valence-corrected chi connectivity index (χ4v) is 3.42. The monoisotopic (exact) mass is 216 g/mol. The molecule has 3 heteroatoms. The van der Waals surface area contributed by atoms with E-state index < -0.39 is 0 Å². The first-order valence-electron chi connectivity index (χ1n) is 6.12. The van der Waals surface area contributed by atoms with Crippen molar-refractivity contribution in [3.05, 3.63) is 24.3 Å². The highest BCUT2D eigenvalue weighted by atomic mass is 16.1. The standard InChI is InChI=1S/C13H16N2O/c16-13(12-3-4-14-8-15-12)7-11-6-9-1-2-10(11)5-9/h3-4,8-11H,1-2,5-7H2. The molecule has 16 heavy (non-hydrogen) atoms. The maximum atomic E-state index is 12.0. The molecule has 2 aliphatic carbocycles. The van der Waals surface area contributed by atoms with E-state index >= 15 is 0 Å². The molecule has 0 saturated heterocycles. The van der Waals surface area contributed by atoms with Crippen molar-refractivity contribution in [2.45, 2.75) is 32.1 Å². The summed E-state index contributed by atoms with van der Waals surface area (Å²) in [6.45, 7) is 0. The molecule has 84 valence electrons. The Morgan fingerprint density at radius 3 is 2.94 bits per heavy atom. The van der Waals surface area contributed by atoms with Crippen LogP contribution in [-0.2, 0) is 0 Å². The molecule has 0 aromatic carbocycles. The molecule has 1 aromatic heterocycles. The summed E-state index contributed by atoms with van der Waals surface area (Å²) in [4.78, 5) is 19.8. The van der Waals surface area contributed by atoms with Crippen LogP contribution in [0.15, 0.2) is 18.6 Å². The zero-order valence-electron chi connectivity index (χ0n) is 9.30. The van der Waals surface area contributed by atoms with Gasteiger partial charge in [0, 0.05) is 12.6 Å². The molecule has 2 fully saturated rings. The molecule has 2 bridgehead atoms. The predicted molar refractivity (Wildman–Crippen MR) is 59.9 cm³/mol. The Balaban J connectivity index is 1.65. The van der Waals surface area contributed by atoms with E-state index in [1.165, 1.54) is 32.0 Å². The molecule has 2 saturated carbocycles. The van der Waals surface area contributed by atoms with Crippen molar-refractivity contribution < 1.29 is 4.79 Å². The zero-order valence-corrected chi connectivity index (χ0v) is 9.30. The Labute approximate surface area is 95.3 Å². The maximum absolute atomic E-state index is 12.0. The van der Waals surface area contributed by atoms with Crippen LogP contribution in [-0.4, -0.2) is 15.8 Å². The smallest absolute Gasteiger partial charge is 0.181 e. The molecule has 3 unspecified atom stereocenters. The van der Waals surface area contributed by atoms with Gasteiger partial charge >= 0.3 is 0 Å². The van der Waals surface area contributed by atoms with E-state index in [2.05, 4.69) is 9.97 Å². The molecule has 0 spiro atoms. The highest BCUT2D eigenvalue weighted by Gasteiger charge is 2.40. The molecular formula is C13H16N2O. The molecule has 1 aromatic rings. The Morgan fingerprint density at radius 1 is 1.38 bits per heavy atom. The minimum absolute atomic E-state index is 0.194. The van der Waals surface area contributed by atoms with Crippen molar-refractivity contribution in [3.63, 3.8) is 0 Å². The second-order valence-corrected chi connectivity index (χ2v) is 5.16. The van der Waals surface area contributed by atoms with E-state index in [1.807, 2.05) is 0 Å². The van der Waals surface area contributed by atoms with Crippen LogP contribution in [0.3, 0.4) is 0 Å². The van der Waals surface area contributed by atoms with E-state index in [-0.39, 0.29) is 5.78 Å². The Kier molecular flexibility index (Phi) is 2.46. The van der Waals surface area contributed by atoms with Gasteiger partial charge in [-0.1, -0.05) is 6.42 Å². The van der Waals surface area contributed by atoms with Crippen molar-refractivity contribution in [3.8, 4) is 0 Å². The number of nitrogens with zero attached hydrogens (tertiary/aromatic N) is 2. The fraction of sp³-hybridized carbons (Fsp3) is 0.615. The summed E-state index contributed by atoms with van der Waals surface area (Å²) in [6, 6.07) is 1.72.